The zero-order valence-electron chi connectivity index (χ0n) is 12.2. The molecule has 0 aliphatic heterocycles. The molecule has 0 spiro atoms. The van der Waals surface area contributed by atoms with Crippen molar-refractivity contribution < 1.29 is 4.79 Å². The molecule has 21 heavy (non-hydrogen) atoms. The first-order chi connectivity index (χ1) is 9.90. The van der Waals surface area contributed by atoms with Gasteiger partial charge in [0.2, 0.25) is 5.91 Å². The van der Waals surface area contributed by atoms with Gasteiger partial charge < -0.3 is 4.90 Å². The topological polar surface area (TPSA) is 56.0 Å². The zero-order valence-corrected chi connectivity index (χ0v) is 14.5. The molecular weight excluding hydrogens is 358 g/mol. The molecule has 0 bridgehead atoms. The Balaban J connectivity index is 1.93. The maximum absolute atomic E-state index is 12.2. The van der Waals surface area contributed by atoms with Gasteiger partial charge in [0.1, 0.15) is 0 Å². The van der Waals surface area contributed by atoms with Crippen LogP contribution >= 0.6 is 27.5 Å². The Hall–Kier alpha value is -1.34. The van der Waals surface area contributed by atoms with Crippen LogP contribution in [0.4, 0.5) is 0 Å². The van der Waals surface area contributed by atoms with Crippen LogP contribution in [0.1, 0.15) is 17.8 Å². The third kappa shape index (κ3) is 3.65. The van der Waals surface area contributed by atoms with Crippen molar-refractivity contribution in [3.63, 3.8) is 0 Å². The van der Waals surface area contributed by atoms with E-state index in [4.69, 9.17) is 11.6 Å². The van der Waals surface area contributed by atoms with Gasteiger partial charge >= 0.3 is 0 Å². The van der Waals surface area contributed by atoms with Crippen LogP contribution in [0, 0.1) is 6.92 Å². The van der Waals surface area contributed by atoms with Gasteiger partial charge in [-0.25, -0.2) is 0 Å². The SMILES string of the molecule is Cc1c(Br)cnn1CCC(=O)N(C)Cc1c(Cl)cnn1C. The Labute approximate surface area is 136 Å². The molecule has 0 aliphatic rings. The number of carbonyl (C=O) groups excluding carboxylic acids is 1. The Morgan fingerprint density at radius 2 is 2.14 bits per heavy atom. The average Bonchev–Trinajstić information content (AvgIpc) is 2.94. The summed E-state index contributed by atoms with van der Waals surface area (Å²) >= 11 is 9.45. The fourth-order valence-corrected chi connectivity index (χ4v) is 2.49. The first-order valence-electron chi connectivity index (χ1n) is 6.48. The van der Waals surface area contributed by atoms with Gasteiger partial charge in [-0.3, -0.25) is 14.2 Å². The van der Waals surface area contributed by atoms with E-state index in [-0.39, 0.29) is 5.91 Å². The predicted molar refractivity (Wildman–Crippen MR) is 84.0 cm³/mol. The number of aromatic nitrogens is 4. The van der Waals surface area contributed by atoms with Crippen molar-refractivity contribution in [1.29, 1.82) is 0 Å². The molecule has 0 radical (unpaired) electrons. The van der Waals surface area contributed by atoms with E-state index in [0.29, 0.717) is 24.5 Å². The summed E-state index contributed by atoms with van der Waals surface area (Å²) in [6.45, 7) is 2.95. The van der Waals surface area contributed by atoms with Crippen LogP contribution < -0.4 is 0 Å². The summed E-state index contributed by atoms with van der Waals surface area (Å²) in [5, 5.41) is 8.85. The van der Waals surface area contributed by atoms with E-state index in [1.165, 1.54) is 0 Å². The molecule has 2 rings (SSSR count). The summed E-state index contributed by atoms with van der Waals surface area (Å²) < 4.78 is 4.44. The number of rotatable bonds is 5. The number of halogens is 2. The molecule has 0 unspecified atom stereocenters. The van der Waals surface area contributed by atoms with Crippen molar-refractivity contribution in [2.75, 3.05) is 7.05 Å². The Morgan fingerprint density at radius 3 is 2.67 bits per heavy atom. The fourth-order valence-electron chi connectivity index (χ4n) is 1.97. The Kier molecular flexibility index (Phi) is 5.05. The molecule has 0 aromatic carbocycles. The van der Waals surface area contributed by atoms with Gasteiger partial charge in [0.05, 0.1) is 34.1 Å². The Morgan fingerprint density at radius 1 is 1.43 bits per heavy atom. The molecular formula is C13H17BrClN5O. The Bertz CT molecular complexity index is 632. The second kappa shape index (κ2) is 6.62. The lowest BCUT2D eigenvalue weighted by Crippen LogP contribution is -2.28. The number of aryl methyl sites for hydroxylation is 2. The van der Waals surface area contributed by atoms with Crippen molar-refractivity contribution in [3.05, 3.63) is 33.3 Å². The summed E-state index contributed by atoms with van der Waals surface area (Å²) in [7, 11) is 3.57. The summed E-state index contributed by atoms with van der Waals surface area (Å²) in [4.78, 5) is 13.8. The van der Waals surface area contributed by atoms with Crippen LogP contribution in [0.15, 0.2) is 16.9 Å². The number of amides is 1. The van der Waals surface area contributed by atoms with Crippen molar-refractivity contribution in [2.45, 2.75) is 26.4 Å². The normalized spacial score (nSPS) is 10.9. The molecule has 114 valence electrons. The molecule has 2 aromatic rings. The molecule has 0 N–H and O–H groups in total. The first-order valence-corrected chi connectivity index (χ1v) is 7.65. The van der Waals surface area contributed by atoms with Crippen LogP contribution in [-0.4, -0.2) is 37.4 Å². The molecule has 0 fully saturated rings. The highest BCUT2D eigenvalue weighted by Gasteiger charge is 2.15. The van der Waals surface area contributed by atoms with Crippen LogP contribution in [0.25, 0.3) is 0 Å². The molecule has 0 atom stereocenters. The molecule has 2 heterocycles. The van der Waals surface area contributed by atoms with Crippen LogP contribution in [0.2, 0.25) is 5.02 Å². The maximum atomic E-state index is 12.2. The minimum absolute atomic E-state index is 0.0401. The van der Waals surface area contributed by atoms with Crippen LogP contribution in [0.5, 0.6) is 0 Å². The van der Waals surface area contributed by atoms with Gasteiger partial charge in [-0.15, -0.1) is 0 Å². The summed E-state index contributed by atoms with van der Waals surface area (Å²) in [5.74, 6) is 0.0401. The van der Waals surface area contributed by atoms with E-state index >= 15 is 0 Å². The number of carbonyl (C=O) groups is 1. The van der Waals surface area contributed by atoms with Gasteiger partial charge in [-0.1, -0.05) is 11.6 Å². The van der Waals surface area contributed by atoms with Gasteiger partial charge in [0.15, 0.2) is 0 Å². The third-order valence-electron chi connectivity index (χ3n) is 3.40. The quantitative estimate of drug-likeness (QED) is 0.807. The van der Waals surface area contributed by atoms with Crippen molar-refractivity contribution in [2.24, 2.45) is 7.05 Å². The van der Waals surface area contributed by atoms with E-state index in [1.54, 1.807) is 29.0 Å². The standard InChI is InChI=1S/C13H17BrClN5O/c1-9-10(14)6-17-20(9)5-4-13(21)18(2)8-12-11(15)7-16-19(12)3/h6-7H,4-5,8H2,1-3H3. The smallest absolute Gasteiger partial charge is 0.224 e. The molecule has 6 nitrogen and oxygen atoms in total. The second-order valence-electron chi connectivity index (χ2n) is 4.86. The third-order valence-corrected chi connectivity index (χ3v) is 4.50. The van der Waals surface area contributed by atoms with Gasteiger partial charge in [0.25, 0.3) is 0 Å². The van der Waals surface area contributed by atoms with Gasteiger partial charge in [-0.2, -0.15) is 10.2 Å². The largest absolute Gasteiger partial charge is 0.340 e. The van der Waals surface area contributed by atoms with E-state index in [1.807, 2.05) is 18.7 Å². The average molecular weight is 375 g/mol. The summed E-state index contributed by atoms with van der Waals surface area (Å²) in [5.41, 5.74) is 1.84. The minimum Gasteiger partial charge on any atom is -0.340 e. The molecule has 1 amide bonds. The van der Waals surface area contributed by atoms with Crippen molar-refractivity contribution in [3.8, 4) is 0 Å². The number of nitrogens with zero attached hydrogens (tertiary/aromatic N) is 5. The number of hydrogen-bond acceptors (Lipinski definition) is 3. The summed E-state index contributed by atoms with van der Waals surface area (Å²) in [6, 6.07) is 0. The van der Waals surface area contributed by atoms with E-state index < -0.39 is 0 Å². The van der Waals surface area contributed by atoms with Gasteiger partial charge in [-0.05, 0) is 22.9 Å². The fraction of sp³-hybridized carbons (Fsp3) is 0.462. The second-order valence-corrected chi connectivity index (χ2v) is 6.13. The predicted octanol–water partition coefficient (Wildman–Crippen LogP) is 2.39. The van der Waals surface area contributed by atoms with E-state index in [2.05, 4.69) is 26.1 Å². The molecule has 0 saturated heterocycles. The summed E-state index contributed by atoms with van der Waals surface area (Å²) in [6.07, 6.45) is 3.71. The molecule has 8 heteroatoms. The highest BCUT2D eigenvalue weighted by molar-refractivity contribution is 9.10. The molecule has 0 aliphatic carbocycles. The molecule has 0 saturated carbocycles. The van der Waals surface area contributed by atoms with Crippen LogP contribution in [-0.2, 0) is 24.9 Å². The highest BCUT2D eigenvalue weighted by Crippen LogP contribution is 2.17. The van der Waals surface area contributed by atoms with Crippen LogP contribution in [0.3, 0.4) is 0 Å². The zero-order chi connectivity index (χ0) is 15.6. The van der Waals surface area contributed by atoms with Crippen molar-refractivity contribution >= 4 is 33.4 Å². The molecule has 2 aromatic heterocycles. The first kappa shape index (κ1) is 16.0. The van der Waals surface area contributed by atoms with E-state index in [9.17, 15) is 4.79 Å². The maximum Gasteiger partial charge on any atom is 0.224 e. The lowest BCUT2D eigenvalue weighted by atomic mass is 10.3. The van der Waals surface area contributed by atoms with Gasteiger partial charge in [0, 0.05) is 32.8 Å². The minimum atomic E-state index is 0.0401. The lowest BCUT2D eigenvalue weighted by Gasteiger charge is -2.17. The van der Waals surface area contributed by atoms with E-state index in [0.717, 1.165) is 15.9 Å². The monoisotopic (exact) mass is 373 g/mol. The lowest BCUT2D eigenvalue weighted by molar-refractivity contribution is -0.130. The highest BCUT2D eigenvalue weighted by atomic mass is 79.9. The number of hydrogen-bond donors (Lipinski definition) is 0. The van der Waals surface area contributed by atoms with Crippen molar-refractivity contribution in [1.82, 2.24) is 24.5 Å².